The van der Waals surface area contributed by atoms with Crippen LogP contribution in [0.1, 0.15) is 11.1 Å². The Morgan fingerprint density at radius 3 is 2.61 bits per heavy atom. The normalized spacial score (nSPS) is 10.8. The lowest BCUT2D eigenvalue weighted by molar-refractivity contribution is 0.412. The van der Waals surface area contributed by atoms with Crippen molar-refractivity contribution in [3.05, 3.63) is 58.5 Å². The zero-order valence-corrected chi connectivity index (χ0v) is 13.8. The zero-order valence-electron chi connectivity index (χ0n) is 13.1. The number of aryl methyl sites for hydroxylation is 2. The average Bonchev–Trinajstić information content (AvgIpc) is 2.52. The number of hydrogen-bond acceptors (Lipinski definition) is 3. The van der Waals surface area contributed by atoms with Crippen molar-refractivity contribution >= 4 is 33.9 Å². The van der Waals surface area contributed by atoms with Crippen molar-refractivity contribution in [2.24, 2.45) is 0 Å². The number of hydrogen-bond donors (Lipinski definition) is 1. The Morgan fingerprint density at radius 2 is 1.91 bits per heavy atom. The van der Waals surface area contributed by atoms with Crippen LogP contribution in [-0.2, 0) is 0 Å². The van der Waals surface area contributed by atoms with Crippen molar-refractivity contribution in [3.63, 3.8) is 0 Å². The fourth-order valence-electron chi connectivity index (χ4n) is 2.56. The maximum Gasteiger partial charge on any atom is 0.144 e. The van der Waals surface area contributed by atoms with E-state index in [1.807, 2.05) is 25.1 Å². The molecule has 1 heterocycles. The number of nitrogens with one attached hydrogen (secondary N) is 1. The molecule has 0 spiro atoms. The Hall–Kier alpha value is -2.33. The Kier molecular flexibility index (Phi) is 4.09. The molecule has 0 aliphatic rings. The second-order valence-corrected chi connectivity index (χ2v) is 5.82. The van der Waals surface area contributed by atoms with Gasteiger partial charge in [0.15, 0.2) is 0 Å². The summed E-state index contributed by atoms with van der Waals surface area (Å²) in [5, 5.41) is 5.28. The van der Waals surface area contributed by atoms with Crippen LogP contribution in [0.3, 0.4) is 0 Å². The fraction of sp³-hybridized carbons (Fsp3) is 0.167. The van der Waals surface area contributed by atoms with Crippen LogP contribution in [0.5, 0.6) is 5.75 Å². The van der Waals surface area contributed by atoms with Gasteiger partial charge in [0.05, 0.1) is 12.1 Å². The lowest BCUT2D eigenvalue weighted by Gasteiger charge is -2.12. The molecular formula is C18H16ClFN2O. The van der Waals surface area contributed by atoms with Crippen LogP contribution in [0, 0.1) is 19.7 Å². The number of pyridine rings is 1. The lowest BCUT2D eigenvalue weighted by atomic mass is 10.1. The van der Waals surface area contributed by atoms with Gasteiger partial charge >= 0.3 is 0 Å². The molecule has 23 heavy (non-hydrogen) atoms. The highest BCUT2D eigenvalue weighted by molar-refractivity contribution is 6.31. The molecule has 0 amide bonds. The van der Waals surface area contributed by atoms with Gasteiger partial charge in [-0.1, -0.05) is 11.6 Å². The minimum atomic E-state index is -0.399. The second kappa shape index (κ2) is 6.05. The maximum absolute atomic E-state index is 13.6. The molecule has 0 atom stereocenters. The van der Waals surface area contributed by atoms with Crippen LogP contribution in [0.25, 0.3) is 10.8 Å². The van der Waals surface area contributed by atoms with Gasteiger partial charge in [-0.3, -0.25) is 0 Å². The summed E-state index contributed by atoms with van der Waals surface area (Å²) in [6.07, 6.45) is 1.72. The van der Waals surface area contributed by atoms with Crippen molar-refractivity contribution in [1.82, 2.24) is 4.98 Å². The van der Waals surface area contributed by atoms with Crippen LogP contribution in [0.15, 0.2) is 36.5 Å². The van der Waals surface area contributed by atoms with Gasteiger partial charge in [-0.15, -0.1) is 0 Å². The highest BCUT2D eigenvalue weighted by atomic mass is 35.5. The zero-order chi connectivity index (χ0) is 16.6. The third-order valence-electron chi connectivity index (χ3n) is 3.75. The van der Waals surface area contributed by atoms with E-state index in [-0.39, 0.29) is 5.02 Å². The highest BCUT2D eigenvalue weighted by Crippen LogP contribution is 2.31. The minimum Gasteiger partial charge on any atom is -0.496 e. The van der Waals surface area contributed by atoms with E-state index in [1.165, 1.54) is 0 Å². The number of aromatic nitrogens is 1. The van der Waals surface area contributed by atoms with E-state index in [1.54, 1.807) is 32.4 Å². The van der Waals surface area contributed by atoms with E-state index in [4.69, 9.17) is 16.3 Å². The highest BCUT2D eigenvalue weighted by Gasteiger charge is 2.10. The number of methoxy groups -OCH3 is 1. The van der Waals surface area contributed by atoms with Gasteiger partial charge in [0.2, 0.25) is 0 Å². The summed E-state index contributed by atoms with van der Waals surface area (Å²) in [7, 11) is 1.65. The molecule has 0 fully saturated rings. The second-order valence-electron chi connectivity index (χ2n) is 5.42. The molecule has 3 rings (SSSR count). The number of fused-ring (bicyclic) bond motifs is 1. The number of benzene rings is 2. The standard InChI is InChI=1S/C18H16ClFN2O/c1-10-7-14-12(8-16(10)23-3)4-5-21-18(14)22-13-6-11(2)17(20)15(19)9-13/h4-9H,1-3H3,(H,21,22). The smallest absolute Gasteiger partial charge is 0.144 e. The van der Waals surface area contributed by atoms with Gasteiger partial charge in [0.1, 0.15) is 17.4 Å². The van der Waals surface area contributed by atoms with E-state index in [2.05, 4.69) is 10.3 Å². The molecule has 0 aliphatic heterocycles. The van der Waals surface area contributed by atoms with Gasteiger partial charge in [-0.05, 0) is 60.7 Å². The first kappa shape index (κ1) is 15.6. The van der Waals surface area contributed by atoms with Crippen molar-refractivity contribution in [1.29, 1.82) is 0 Å². The van der Waals surface area contributed by atoms with Crippen LogP contribution in [-0.4, -0.2) is 12.1 Å². The molecular weight excluding hydrogens is 315 g/mol. The topological polar surface area (TPSA) is 34.1 Å². The summed E-state index contributed by atoms with van der Waals surface area (Å²) in [5.41, 5.74) is 2.20. The third kappa shape index (κ3) is 2.94. The number of anilines is 2. The van der Waals surface area contributed by atoms with E-state index >= 15 is 0 Å². The first-order valence-electron chi connectivity index (χ1n) is 7.15. The van der Waals surface area contributed by atoms with Gasteiger partial charge in [-0.25, -0.2) is 9.37 Å². The molecule has 0 aliphatic carbocycles. The van der Waals surface area contributed by atoms with Crippen molar-refractivity contribution in [2.75, 3.05) is 12.4 Å². The first-order valence-corrected chi connectivity index (χ1v) is 7.53. The molecule has 3 nitrogen and oxygen atoms in total. The largest absolute Gasteiger partial charge is 0.496 e. The van der Waals surface area contributed by atoms with Crippen LogP contribution < -0.4 is 10.1 Å². The molecule has 0 saturated heterocycles. The summed E-state index contributed by atoms with van der Waals surface area (Å²) in [6.45, 7) is 3.66. The summed E-state index contributed by atoms with van der Waals surface area (Å²) < 4.78 is 19.0. The third-order valence-corrected chi connectivity index (χ3v) is 4.03. The monoisotopic (exact) mass is 330 g/mol. The first-order chi connectivity index (χ1) is 11.0. The van der Waals surface area contributed by atoms with Gasteiger partial charge in [0, 0.05) is 17.3 Å². The van der Waals surface area contributed by atoms with Crippen molar-refractivity contribution in [2.45, 2.75) is 13.8 Å². The van der Waals surface area contributed by atoms with Crippen LogP contribution in [0.2, 0.25) is 5.02 Å². The minimum absolute atomic E-state index is 0.0885. The number of halogens is 2. The molecule has 2 aromatic carbocycles. The van der Waals surface area contributed by atoms with Crippen molar-refractivity contribution < 1.29 is 9.13 Å². The lowest BCUT2D eigenvalue weighted by Crippen LogP contribution is -1.97. The molecule has 1 N–H and O–H groups in total. The maximum atomic E-state index is 13.6. The van der Waals surface area contributed by atoms with E-state index in [0.717, 1.165) is 22.1 Å². The van der Waals surface area contributed by atoms with Crippen molar-refractivity contribution in [3.8, 4) is 5.75 Å². The quantitative estimate of drug-likeness (QED) is 0.698. The predicted molar refractivity (Wildman–Crippen MR) is 92.5 cm³/mol. The number of nitrogens with zero attached hydrogens (tertiary/aromatic N) is 1. The summed E-state index contributed by atoms with van der Waals surface area (Å²) in [4.78, 5) is 4.39. The Labute approximate surface area is 139 Å². The summed E-state index contributed by atoms with van der Waals surface area (Å²) in [5.74, 6) is 1.12. The Bertz CT molecular complexity index is 873. The SMILES string of the molecule is COc1cc2ccnc(Nc3cc(C)c(F)c(Cl)c3)c2cc1C. The molecule has 0 radical (unpaired) electrons. The van der Waals surface area contributed by atoms with Gasteiger partial charge in [0.25, 0.3) is 0 Å². The van der Waals surface area contributed by atoms with Gasteiger partial charge < -0.3 is 10.1 Å². The van der Waals surface area contributed by atoms with Crippen LogP contribution >= 0.6 is 11.6 Å². The molecule has 0 bridgehead atoms. The number of ether oxygens (including phenoxy) is 1. The molecule has 0 saturated carbocycles. The molecule has 1 aromatic heterocycles. The summed E-state index contributed by atoms with van der Waals surface area (Å²) in [6, 6.07) is 9.17. The molecule has 118 valence electrons. The number of rotatable bonds is 3. The Balaban J connectivity index is 2.08. The van der Waals surface area contributed by atoms with E-state index in [9.17, 15) is 4.39 Å². The average molecular weight is 331 g/mol. The fourth-order valence-corrected chi connectivity index (χ4v) is 2.83. The molecule has 5 heteroatoms. The van der Waals surface area contributed by atoms with Gasteiger partial charge in [-0.2, -0.15) is 0 Å². The predicted octanol–water partition coefficient (Wildman–Crippen LogP) is 5.40. The Morgan fingerprint density at radius 1 is 1.13 bits per heavy atom. The summed E-state index contributed by atoms with van der Waals surface area (Å²) >= 11 is 5.92. The molecule has 0 unspecified atom stereocenters. The molecule has 3 aromatic rings. The van der Waals surface area contributed by atoms with E-state index in [0.29, 0.717) is 17.1 Å². The van der Waals surface area contributed by atoms with Crippen LogP contribution in [0.4, 0.5) is 15.9 Å². The van der Waals surface area contributed by atoms with E-state index < -0.39 is 5.82 Å².